The summed E-state index contributed by atoms with van der Waals surface area (Å²) in [5, 5.41) is 9.76. The van der Waals surface area contributed by atoms with E-state index in [-0.39, 0.29) is 24.1 Å². The van der Waals surface area contributed by atoms with E-state index < -0.39 is 0 Å². The Morgan fingerprint density at radius 2 is 2.15 bits per heavy atom. The predicted molar refractivity (Wildman–Crippen MR) is 92.6 cm³/mol. The number of carbonyl (C=O) groups is 2. The minimum atomic E-state index is -0.332. The molecule has 2 amide bonds. The first-order valence-corrected chi connectivity index (χ1v) is 8.08. The van der Waals surface area contributed by atoms with Gasteiger partial charge in [-0.15, -0.1) is 0 Å². The number of methoxy groups -OCH3 is 1. The highest BCUT2D eigenvalue weighted by molar-refractivity contribution is 5.98. The largest absolute Gasteiger partial charge is 0.496 e. The lowest BCUT2D eigenvalue weighted by Gasteiger charge is -2.26. The SMILES string of the molecule is COc1ccccc1-c1[nH]nc2ncc(C(=O)N3CCNC(=O)C3)nc12. The lowest BCUT2D eigenvalue weighted by Crippen LogP contribution is -2.50. The molecule has 132 valence electrons. The van der Waals surface area contributed by atoms with Crippen molar-refractivity contribution >= 4 is 23.0 Å². The zero-order chi connectivity index (χ0) is 18.1. The Hall–Kier alpha value is -3.49. The van der Waals surface area contributed by atoms with Gasteiger partial charge in [-0.25, -0.2) is 9.97 Å². The molecule has 0 atom stereocenters. The molecule has 9 heteroatoms. The summed E-state index contributed by atoms with van der Waals surface area (Å²) in [5.74, 6) is 0.141. The van der Waals surface area contributed by atoms with E-state index in [0.717, 1.165) is 5.56 Å². The number of aromatic nitrogens is 4. The van der Waals surface area contributed by atoms with Crippen molar-refractivity contribution in [2.24, 2.45) is 0 Å². The van der Waals surface area contributed by atoms with Crippen LogP contribution in [-0.2, 0) is 4.79 Å². The van der Waals surface area contributed by atoms with E-state index in [1.807, 2.05) is 24.3 Å². The van der Waals surface area contributed by atoms with Crippen LogP contribution in [0.2, 0.25) is 0 Å². The van der Waals surface area contributed by atoms with Crippen LogP contribution in [0.25, 0.3) is 22.4 Å². The Balaban J connectivity index is 1.75. The molecule has 0 radical (unpaired) electrons. The maximum absolute atomic E-state index is 12.7. The number of amides is 2. The van der Waals surface area contributed by atoms with Gasteiger partial charge in [0.1, 0.15) is 17.0 Å². The first kappa shape index (κ1) is 16.0. The summed E-state index contributed by atoms with van der Waals surface area (Å²) < 4.78 is 5.39. The first-order valence-electron chi connectivity index (χ1n) is 8.08. The van der Waals surface area contributed by atoms with Crippen molar-refractivity contribution in [3.05, 3.63) is 36.2 Å². The van der Waals surface area contributed by atoms with Crippen molar-refractivity contribution in [2.75, 3.05) is 26.7 Å². The topological polar surface area (TPSA) is 113 Å². The number of nitrogens with one attached hydrogen (secondary N) is 2. The molecule has 2 aromatic heterocycles. The number of aromatic amines is 1. The summed E-state index contributed by atoms with van der Waals surface area (Å²) in [6.45, 7) is 0.886. The fourth-order valence-electron chi connectivity index (χ4n) is 2.91. The minimum Gasteiger partial charge on any atom is -0.496 e. The van der Waals surface area contributed by atoms with Gasteiger partial charge >= 0.3 is 0 Å². The summed E-state index contributed by atoms with van der Waals surface area (Å²) in [7, 11) is 1.58. The Morgan fingerprint density at radius 3 is 2.96 bits per heavy atom. The van der Waals surface area contributed by atoms with Crippen LogP contribution in [0.15, 0.2) is 30.5 Å². The fourth-order valence-corrected chi connectivity index (χ4v) is 2.91. The molecular formula is C17H16N6O3. The van der Waals surface area contributed by atoms with Gasteiger partial charge in [-0.2, -0.15) is 5.10 Å². The summed E-state index contributed by atoms with van der Waals surface area (Å²) in [5.41, 5.74) is 2.44. The molecule has 4 rings (SSSR count). The molecular weight excluding hydrogens is 336 g/mol. The summed E-state index contributed by atoms with van der Waals surface area (Å²) in [4.78, 5) is 34.3. The zero-order valence-corrected chi connectivity index (χ0v) is 14.0. The van der Waals surface area contributed by atoms with Crippen LogP contribution < -0.4 is 10.1 Å². The Kier molecular flexibility index (Phi) is 3.96. The average Bonchev–Trinajstić information content (AvgIpc) is 3.10. The number of benzene rings is 1. The van der Waals surface area contributed by atoms with E-state index >= 15 is 0 Å². The van der Waals surface area contributed by atoms with Gasteiger partial charge in [0, 0.05) is 18.7 Å². The van der Waals surface area contributed by atoms with Gasteiger partial charge in [0.25, 0.3) is 5.91 Å². The molecule has 3 heterocycles. The summed E-state index contributed by atoms with van der Waals surface area (Å²) in [6.07, 6.45) is 1.38. The fraction of sp³-hybridized carbons (Fsp3) is 0.235. The second-order valence-electron chi connectivity index (χ2n) is 5.80. The number of ether oxygens (including phenoxy) is 1. The molecule has 2 N–H and O–H groups in total. The zero-order valence-electron chi connectivity index (χ0n) is 14.0. The van der Waals surface area contributed by atoms with E-state index in [9.17, 15) is 9.59 Å². The van der Waals surface area contributed by atoms with Gasteiger partial charge in [0.05, 0.1) is 25.5 Å². The van der Waals surface area contributed by atoms with Crippen molar-refractivity contribution in [1.82, 2.24) is 30.4 Å². The maximum atomic E-state index is 12.7. The normalized spacial score (nSPS) is 14.3. The van der Waals surface area contributed by atoms with Crippen molar-refractivity contribution in [3.8, 4) is 17.0 Å². The monoisotopic (exact) mass is 352 g/mol. The number of rotatable bonds is 3. The first-order chi connectivity index (χ1) is 12.7. The van der Waals surface area contributed by atoms with E-state index in [0.29, 0.717) is 35.7 Å². The van der Waals surface area contributed by atoms with Gasteiger partial charge in [0.2, 0.25) is 5.91 Å². The van der Waals surface area contributed by atoms with Crippen LogP contribution in [0.1, 0.15) is 10.5 Å². The molecule has 9 nitrogen and oxygen atoms in total. The van der Waals surface area contributed by atoms with Crippen LogP contribution in [-0.4, -0.2) is 63.6 Å². The van der Waals surface area contributed by atoms with Crippen LogP contribution in [0, 0.1) is 0 Å². The number of piperazine rings is 1. The van der Waals surface area contributed by atoms with E-state index in [1.165, 1.54) is 11.1 Å². The number of hydrogen-bond donors (Lipinski definition) is 2. The van der Waals surface area contributed by atoms with Crippen LogP contribution in [0.5, 0.6) is 5.75 Å². The van der Waals surface area contributed by atoms with E-state index in [1.54, 1.807) is 7.11 Å². The summed E-state index contributed by atoms with van der Waals surface area (Å²) >= 11 is 0. The van der Waals surface area contributed by atoms with Crippen molar-refractivity contribution in [1.29, 1.82) is 0 Å². The van der Waals surface area contributed by atoms with E-state index in [4.69, 9.17) is 4.74 Å². The lowest BCUT2D eigenvalue weighted by molar-refractivity contribution is -0.123. The van der Waals surface area contributed by atoms with Gasteiger partial charge < -0.3 is 15.0 Å². The number of para-hydroxylation sites is 1. The molecule has 1 aliphatic heterocycles. The maximum Gasteiger partial charge on any atom is 0.274 e. The van der Waals surface area contributed by atoms with E-state index in [2.05, 4.69) is 25.5 Å². The Morgan fingerprint density at radius 1 is 1.31 bits per heavy atom. The third-order valence-corrected chi connectivity index (χ3v) is 4.18. The van der Waals surface area contributed by atoms with Crippen molar-refractivity contribution in [2.45, 2.75) is 0 Å². The molecule has 1 aliphatic rings. The van der Waals surface area contributed by atoms with Crippen LogP contribution >= 0.6 is 0 Å². The average molecular weight is 352 g/mol. The quantitative estimate of drug-likeness (QED) is 0.714. The third-order valence-electron chi connectivity index (χ3n) is 4.18. The predicted octanol–water partition coefficient (Wildman–Crippen LogP) is 0.600. The highest BCUT2D eigenvalue weighted by Gasteiger charge is 2.24. The molecule has 1 aromatic carbocycles. The second-order valence-corrected chi connectivity index (χ2v) is 5.80. The second kappa shape index (κ2) is 6.43. The number of carbonyl (C=O) groups excluding carboxylic acids is 2. The molecule has 0 spiro atoms. The van der Waals surface area contributed by atoms with Crippen molar-refractivity contribution in [3.63, 3.8) is 0 Å². The minimum absolute atomic E-state index is 0.0172. The number of H-pyrrole nitrogens is 1. The van der Waals surface area contributed by atoms with Gasteiger partial charge in [0.15, 0.2) is 5.65 Å². The molecule has 0 bridgehead atoms. The number of hydrogen-bond acceptors (Lipinski definition) is 6. The third kappa shape index (κ3) is 2.73. The van der Waals surface area contributed by atoms with Gasteiger partial charge in [-0.3, -0.25) is 14.7 Å². The molecule has 26 heavy (non-hydrogen) atoms. The highest BCUT2D eigenvalue weighted by atomic mass is 16.5. The molecule has 1 fully saturated rings. The molecule has 0 saturated carbocycles. The van der Waals surface area contributed by atoms with Gasteiger partial charge in [-0.05, 0) is 12.1 Å². The summed E-state index contributed by atoms with van der Waals surface area (Å²) in [6, 6.07) is 7.44. The van der Waals surface area contributed by atoms with Crippen molar-refractivity contribution < 1.29 is 14.3 Å². The number of nitrogens with zero attached hydrogens (tertiary/aromatic N) is 4. The molecule has 1 saturated heterocycles. The Labute approximate surface area is 148 Å². The van der Waals surface area contributed by atoms with Crippen LogP contribution in [0.3, 0.4) is 0 Å². The molecule has 3 aromatic rings. The molecule has 0 unspecified atom stereocenters. The smallest absolute Gasteiger partial charge is 0.274 e. The highest BCUT2D eigenvalue weighted by Crippen LogP contribution is 2.31. The molecule has 0 aliphatic carbocycles. The van der Waals surface area contributed by atoms with Gasteiger partial charge in [-0.1, -0.05) is 12.1 Å². The Bertz CT molecular complexity index is 999. The lowest BCUT2D eigenvalue weighted by atomic mass is 10.1. The number of fused-ring (bicyclic) bond motifs is 1. The standard InChI is InChI=1S/C17H16N6O3/c1-26-12-5-3-2-4-10(12)14-15-16(22-21-14)19-8-11(20-15)17(25)23-7-6-18-13(24)9-23/h2-5,8H,6-7,9H2,1H3,(H,18,24)(H,19,21,22). The van der Waals surface area contributed by atoms with Crippen LogP contribution in [0.4, 0.5) is 0 Å².